The van der Waals surface area contributed by atoms with Gasteiger partial charge in [0.1, 0.15) is 0 Å². The minimum atomic E-state index is -0.160. The molecule has 3 heterocycles. The van der Waals surface area contributed by atoms with Crippen LogP contribution in [-0.4, -0.2) is 14.5 Å². The van der Waals surface area contributed by atoms with Gasteiger partial charge < -0.3 is 14.0 Å². The third kappa shape index (κ3) is 4.58. The van der Waals surface area contributed by atoms with Gasteiger partial charge in [0.2, 0.25) is 0 Å². The summed E-state index contributed by atoms with van der Waals surface area (Å²) in [5.41, 5.74) is 14.1. The molecule has 6 aromatic carbocycles. The molecule has 0 atom stereocenters. The summed E-state index contributed by atoms with van der Waals surface area (Å²) in [6.07, 6.45) is 6.63. The first-order valence-electron chi connectivity index (χ1n) is 18.6. The Morgan fingerprint density at radius 3 is 2.19 bits per heavy atom. The molecule has 0 spiro atoms. The minimum absolute atomic E-state index is 0.160. The first-order chi connectivity index (χ1) is 26.5. The van der Waals surface area contributed by atoms with Crippen LogP contribution in [0.4, 0.5) is 0 Å². The molecule has 2 aliphatic carbocycles. The van der Waals surface area contributed by atoms with E-state index in [1.54, 1.807) is 0 Å². The summed E-state index contributed by atoms with van der Waals surface area (Å²) >= 11 is 0. The van der Waals surface area contributed by atoms with Gasteiger partial charge in [0.15, 0.2) is 28.8 Å². The number of allylic oxidation sites excluding steroid dienone is 1. The molecule has 2 aromatic heterocycles. The van der Waals surface area contributed by atoms with Crippen molar-refractivity contribution >= 4 is 17.0 Å². The summed E-state index contributed by atoms with van der Waals surface area (Å²) < 4.78 is 16.0. The average molecular weight is 698 g/mol. The monoisotopic (exact) mass is 697 g/mol. The van der Waals surface area contributed by atoms with Gasteiger partial charge in [0.05, 0.1) is 22.5 Å². The van der Waals surface area contributed by atoms with Crippen LogP contribution >= 0.6 is 0 Å². The molecule has 8 aromatic rings. The van der Waals surface area contributed by atoms with Crippen LogP contribution in [-0.2, 0) is 11.8 Å². The van der Waals surface area contributed by atoms with Crippen molar-refractivity contribution in [2.24, 2.45) is 0 Å². The molecule has 0 fully saturated rings. The summed E-state index contributed by atoms with van der Waals surface area (Å²) in [4.78, 5) is 10.4. The van der Waals surface area contributed by atoms with Crippen LogP contribution < -0.4 is 9.47 Å². The van der Waals surface area contributed by atoms with Gasteiger partial charge in [-0.25, -0.2) is 9.97 Å². The minimum Gasteiger partial charge on any atom is -0.449 e. The van der Waals surface area contributed by atoms with E-state index in [4.69, 9.17) is 19.4 Å². The SMILES string of the molecule is CC1(C)c2ccccc2-c2c1ccc1c2Oc2c(cccc2-c2nc(-c3ccccc3)cc(-c3ccc(-n4c5c(c6ccccc64)C=CCC5)cc3)n2)O1. The van der Waals surface area contributed by atoms with Crippen molar-refractivity contribution in [1.29, 1.82) is 0 Å². The Bertz CT molecular complexity index is 2850. The molecule has 1 aliphatic heterocycles. The highest BCUT2D eigenvalue weighted by Gasteiger charge is 2.40. The summed E-state index contributed by atoms with van der Waals surface area (Å²) in [7, 11) is 0. The quantitative estimate of drug-likeness (QED) is 0.184. The Morgan fingerprint density at radius 1 is 0.611 bits per heavy atom. The lowest BCUT2D eigenvalue weighted by Crippen LogP contribution is -2.15. The average Bonchev–Trinajstić information content (AvgIpc) is 3.68. The highest BCUT2D eigenvalue weighted by atomic mass is 16.6. The van der Waals surface area contributed by atoms with E-state index in [1.807, 2.05) is 42.5 Å². The summed E-state index contributed by atoms with van der Waals surface area (Å²) in [5, 5.41) is 1.29. The van der Waals surface area contributed by atoms with Crippen molar-refractivity contribution in [3.63, 3.8) is 0 Å². The molecule has 54 heavy (non-hydrogen) atoms. The molecule has 5 heteroatoms. The second-order valence-corrected chi connectivity index (χ2v) is 14.9. The zero-order chi connectivity index (χ0) is 36.0. The molecule has 0 N–H and O–H groups in total. The fourth-order valence-electron chi connectivity index (χ4n) is 8.74. The van der Waals surface area contributed by atoms with E-state index in [2.05, 4.69) is 128 Å². The molecule has 0 amide bonds. The maximum atomic E-state index is 6.97. The third-order valence-electron chi connectivity index (χ3n) is 11.4. The van der Waals surface area contributed by atoms with Crippen LogP contribution in [0.3, 0.4) is 0 Å². The van der Waals surface area contributed by atoms with E-state index in [1.165, 1.54) is 38.9 Å². The molecule has 0 radical (unpaired) electrons. The van der Waals surface area contributed by atoms with Crippen LogP contribution in [0.15, 0.2) is 146 Å². The van der Waals surface area contributed by atoms with Gasteiger partial charge in [0.25, 0.3) is 0 Å². The normalized spacial score (nSPS) is 14.3. The van der Waals surface area contributed by atoms with E-state index < -0.39 is 0 Å². The highest BCUT2D eigenvalue weighted by Crippen LogP contribution is 2.59. The number of hydrogen-bond acceptors (Lipinski definition) is 4. The Morgan fingerprint density at radius 2 is 1.33 bits per heavy atom. The van der Waals surface area contributed by atoms with Crippen LogP contribution in [0.25, 0.3) is 67.7 Å². The van der Waals surface area contributed by atoms with Crippen molar-refractivity contribution in [2.75, 3.05) is 0 Å². The molecular formula is C49H35N3O2. The number of para-hydroxylation sites is 2. The molecule has 5 nitrogen and oxygen atoms in total. The van der Waals surface area contributed by atoms with Gasteiger partial charge in [0, 0.05) is 44.4 Å². The number of nitrogens with zero attached hydrogens (tertiary/aromatic N) is 3. The predicted octanol–water partition coefficient (Wildman–Crippen LogP) is 12.6. The summed E-state index contributed by atoms with van der Waals surface area (Å²) in [6.45, 7) is 4.55. The fourth-order valence-corrected chi connectivity index (χ4v) is 8.74. The van der Waals surface area contributed by atoms with E-state index in [-0.39, 0.29) is 5.41 Å². The van der Waals surface area contributed by atoms with E-state index in [0.29, 0.717) is 23.1 Å². The zero-order valence-electron chi connectivity index (χ0n) is 30.0. The van der Waals surface area contributed by atoms with Crippen LogP contribution in [0.1, 0.15) is 42.7 Å². The molecule has 0 saturated carbocycles. The molecule has 258 valence electrons. The fraction of sp³-hybridized carbons (Fsp3) is 0.102. The Kier molecular flexibility index (Phi) is 6.65. The Hall–Kier alpha value is -6.72. The lowest BCUT2D eigenvalue weighted by Gasteiger charge is -2.26. The van der Waals surface area contributed by atoms with Crippen molar-refractivity contribution < 1.29 is 9.47 Å². The lowest BCUT2D eigenvalue weighted by atomic mass is 9.82. The second-order valence-electron chi connectivity index (χ2n) is 14.9. The number of aromatic nitrogens is 3. The van der Waals surface area contributed by atoms with E-state index in [9.17, 15) is 0 Å². The Labute approximate surface area is 313 Å². The van der Waals surface area contributed by atoms with Crippen LogP contribution in [0.5, 0.6) is 23.0 Å². The van der Waals surface area contributed by atoms with E-state index >= 15 is 0 Å². The summed E-state index contributed by atoms with van der Waals surface area (Å²) in [5.74, 6) is 3.27. The second kappa shape index (κ2) is 11.6. The molecule has 3 aliphatic rings. The van der Waals surface area contributed by atoms with Gasteiger partial charge in [-0.05, 0) is 72.0 Å². The number of ether oxygens (including phenoxy) is 2. The topological polar surface area (TPSA) is 49.2 Å². The maximum absolute atomic E-state index is 6.97. The van der Waals surface area contributed by atoms with Crippen molar-refractivity contribution in [3.8, 4) is 73.7 Å². The van der Waals surface area contributed by atoms with Gasteiger partial charge >= 0.3 is 0 Å². The molecule has 11 rings (SSSR count). The number of rotatable bonds is 4. The molecular weight excluding hydrogens is 663 g/mol. The number of fused-ring (bicyclic) bond motifs is 9. The van der Waals surface area contributed by atoms with E-state index in [0.717, 1.165) is 57.9 Å². The smallest absolute Gasteiger partial charge is 0.181 e. The van der Waals surface area contributed by atoms with Crippen LogP contribution in [0, 0.1) is 0 Å². The third-order valence-corrected chi connectivity index (χ3v) is 11.4. The standard InChI is InChI=1S/C49H35N3O2/c1-49(2)37-19-9-6-17-35(37)45-38(49)27-28-44-47(45)54-46-36(18-12-22-43(46)53-44)48-50-39(30-13-4-3-5-14-30)29-40(51-48)31-23-25-32(26-24-31)52-41-20-10-7-15-33(41)34-16-8-11-21-42(34)52/h3-10,12-20,22-29H,11,21H2,1-2H3. The highest BCUT2D eigenvalue weighted by molar-refractivity contribution is 5.93. The van der Waals surface area contributed by atoms with Gasteiger partial charge in [-0.15, -0.1) is 0 Å². The largest absolute Gasteiger partial charge is 0.449 e. The van der Waals surface area contributed by atoms with Crippen molar-refractivity contribution in [1.82, 2.24) is 14.5 Å². The first-order valence-corrected chi connectivity index (χ1v) is 18.6. The maximum Gasteiger partial charge on any atom is 0.181 e. The summed E-state index contributed by atoms with van der Waals surface area (Å²) in [6, 6.07) is 48.6. The van der Waals surface area contributed by atoms with Crippen molar-refractivity contribution in [3.05, 3.63) is 168 Å². The molecule has 0 saturated heterocycles. The van der Waals surface area contributed by atoms with Crippen molar-refractivity contribution in [2.45, 2.75) is 32.1 Å². The van der Waals surface area contributed by atoms with Crippen LogP contribution in [0.2, 0.25) is 0 Å². The number of hydrogen-bond donors (Lipinski definition) is 0. The lowest BCUT2D eigenvalue weighted by molar-refractivity contribution is 0.361. The molecule has 0 unspecified atom stereocenters. The van der Waals surface area contributed by atoms with Gasteiger partial charge in [-0.3, -0.25) is 0 Å². The first kappa shape index (κ1) is 30.9. The van der Waals surface area contributed by atoms with Gasteiger partial charge in [-0.2, -0.15) is 0 Å². The Balaban J connectivity index is 1.04. The zero-order valence-corrected chi connectivity index (χ0v) is 30.0. The van der Waals surface area contributed by atoms with Gasteiger partial charge in [-0.1, -0.05) is 123 Å². The predicted molar refractivity (Wildman–Crippen MR) is 217 cm³/mol. The number of benzene rings is 6. The molecule has 0 bridgehead atoms.